The number of hydrogen-bond donors (Lipinski definition) is 2. The van der Waals surface area contributed by atoms with Gasteiger partial charge < -0.3 is 10.6 Å². The zero-order chi connectivity index (χ0) is 19.3. The van der Waals surface area contributed by atoms with Crippen molar-refractivity contribution in [3.63, 3.8) is 0 Å². The number of alkyl halides is 3. The molecule has 0 radical (unpaired) electrons. The molecule has 7 heteroatoms. The predicted molar refractivity (Wildman–Crippen MR) is 96.7 cm³/mol. The Balaban J connectivity index is 2.12. The minimum Gasteiger partial charge on any atom is -0.341 e. The van der Waals surface area contributed by atoms with Crippen molar-refractivity contribution in [2.24, 2.45) is 10.9 Å². The van der Waals surface area contributed by atoms with Gasteiger partial charge in [-0.3, -0.25) is 0 Å². The fraction of sp³-hybridized carbons (Fsp3) is 0.421. The second kappa shape index (κ2) is 8.49. The molecule has 1 aliphatic rings. The van der Waals surface area contributed by atoms with E-state index in [4.69, 9.17) is 0 Å². The van der Waals surface area contributed by atoms with Crippen molar-refractivity contribution in [2.75, 3.05) is 18.4 Å². The second-order valence-electron chi connectivity index (χ2n) is 6.38. The molecule has 0 amide bonds. The first-order valence-electron chi connectivity index (χ1n) is 8.45. The molecule has 0 unspecified atom stereocenters. The van der Waals surface area contributed by atoms with Gasteiger partial charge in [0.25, 0.3) is 0 Å². The van der Waals surface area contributed by atoms with E-state index in [1.807, 2.05) is 0 Å². The van der Waals surface area contributed by atoms with E-state index in [1.54, 1.807) is 13.8 Å². The van der Waals surface area contributed by atoms with Crippen molar-refractivity contribution >= 4 is 11.4 Å². The third kappa shape index (κ3) is 5.98. The number of aliphatic imine (C=N–C) groups is 1. The molecule has 1 fully saturated rings. The highest BCUT2D eigenvalue weighted by Gasteiger charge is 2.38. The van der Waals surface area contributed by atoms with Gasteiger partial charge in [0.1, 0.15) is 11.6 Å². The van der Waals surface area contributed by atoms with E-state index in [1.165, 1.54) is 24.3 Å². The van der Waals surface area contributed by atoms with E-state index in [2.05, 4.69) is 22.2 Å². The molecule has 0 aliphatic heterocycles. The number of nitrogens with zero attached hydrogens (tertiary/aromatic N) is 1. The van der Waals surface area contributed by atoms with Crippen molar-refractivity contribution in [3.05, 3.63) is 53.6 Å². The van der Waals surface area contributed by atoms with E-state index in [-0.39, 0.29) is 17.9 Å². The van der Waals surface area contributed by atoms with Gasteiger partial charge >= 0.3 is 6.18 Å². The molecule has 26 heavy (non-hydrogen) atoms. The Bertz CT molecular complexity index is 716. The van der Waals surface area contributed by atoms with Crippen molar-refractivity contribution in [3.8, 4) is 0 Å². The van der Waals surface area contributed by atoms with Crippen molar-refractivity contribution in [1.82, 2.24) is 5.32 Å². The van der Waals surface area contributed by atoms with Gasteiger partial charge in [-0.25, -0.2) is 9.38 Å². The first-order valence-corrected chi connectivity index (χ1v) is 8.45. The van der Waals surface area contributed by atoms with E-state index >= 15 is 0 Å². The summed E-state index contributed by atoms with van der Waals surface area (Å²) in [6, 6.07) is 4.14. The summed E-state index contributed by atoms with van der Waals surface area (Å²) in [7, 11) is 0. The van der Waals surface area contributed by atoms with Gasteiger partial charge in [0.05, 0.1) is 0 Å². The molecule has 1 saturated carbocycles. The van der Waals surface area contributed by atoms with Crippen molar-refractivity contribution in [1.29, 1.82) is 0 Å². The molecule has 0 bridgehead atoms. The van der Waals surface area contributed by atoms with Gasteiger partial charge in [-0.15, -0.1) is 0 Å². The largest absolute Gasteiger partial charge is 0.433 e. The average Bonchev–Trinajstić information content (AvgIpc) is 3.37. The van der Waals surface area contributed by atoms with Crippen LogP contribution in [0, 0.1) is 18.7 Å². The number of benzene rings is 1. The zero-order valence-corrected chi connectivity index (χ0v) is 14.9. The fourth-order valence-corrected chi connectivity index (χ4v) is 2.42. The molecule has 3 nitrogen and oxygen atoms in total. The lowest BCUT2D eigenvalue weighted by atomic mass is 10.1. The molecule has 0 saturated heterocycles. The maximum Gasteiger partial charge on any atom is 0.433 e. The van der Waals surface area contributed by atoms with Gasteiger partial charge in [0.15, 0.2) is 5.71 Å². The number of halogens is 4. The SMILES string of the molecule is C=C(/N=C(\C(=C/C)CNCC1CC1)C(F)(F)F)Nc1ccc(F)c(C)c1. The molecule has 2 N–H and O–H groups in total. The van der Waals surface area contributed by atoms with E-state index in [9.17, 15) is 17.6 Å². The van der Waals surface area contributed by atoms with Crippen LogP contribution in [-0.2, 0) is 0 Å². The van der Waals surface area contributed by atoms with Gasteiger partial charge in [-0.2, -0.15) is 13.2 Å². The maximum atomic E-state index is 13.5. The summed E-state index contributed by atoms with van der Waals surface area (Å²) in [4.78, 5) is 3.66. The third-order valence-corrected chi connectivity index (χ3v) is 4.06. The van der Waals surface area contributed by atoms with Crippen molar-refractivity contribution in [2.45, 2.75) is 32.9 Å². The molecule has 0 atom stereocenters. The van der Waals surface area contributed by atoms with Gasteiger partial charge in [0, 0.05) is 12.2 Å². The van der Waals surface area contributed by atoms with Crippen LogP contribution in [0.5, 0.6) is 0 Å². The lowest BCUT2D eigenvalue weighted by Gasteiger charge is -2.16. The lowest BCUT2D eigenvalue weighted by Crippen LogP contribution is -2.31. The number of hydrogen-bond acceptors (Lipinski definition) is 3. The summed E-state index contributed by atoms with van der Waals surface area (Å²) in [5.74, 6) is 0.0150. The Morgan fingerprint density at radius 2 is 2.04 bits per heavy atom. The minimum atomic E-state index is -4.60. The van der Waals surface area contributed by atoms with E-state index < -0.39 is 17.7 Å². The fourth-order valence-electron chi connectivity index (χ4n) is 2.42. The van der Waals surface area contributed by atoms with Gasteiger partial charge in [0.2, 0.25) is 0 Å². The van der Waals surface area contributed by atoms with E-state index in [0.29, 0.717) is 23.7 Å². The molecule has 1 aromatic rings. The molecule has 0 spiro atoms. The molecule has 142 valence electrons. The van der Waals surface area contributed by atoms with Crippen molar-refractivity contribution < 1.29 is 17.6 Å². The van der Waals surface area contributed by atoms with Gasteiger partial charge in [-0.05, 0) is 68.5 Å². The summed E-state index contributed by atoms with van der Waals surface area (Å²) in [5.41, 5.74) is -0.120. The van der Waals surface area contributed by atoms with Crippen LogP contribution in [-0.4, -0.2) is 25.0 Å². The molecule has 0 aromatic heterocycles. The zero-order valence-electron chi connectivity index (χ0n) is 14.9. The first kappa shape index (κ1) is 20.2. The smallest absolute Gasteiger partial charge is 0.341 e. The number of rotatable bonds is 8. The highest BCUT2D eigenvalue weighted by atomic mass is 19.4. The highest BCUT2D eigenvalue weighted by molar-refractivity contribution is 6.05. The Labute approximate surface area is 150 Å². The Morgan fingerprint density at radius 1 is 1.35 bits per heavy atom. The molecule has 2 rings (SSSR count). The molecule has 1 aromatic carbocycles. The Morgan fingerprint density at radius 3 is 2.58 bits per heavy atom. The Kier molecular flexibility index (Phi) is 6.58. The van der Waals surface area contributed by atoms with Crippen LogP contribution in [0.4, 0.5) is 23.2 Å². The van der Waals surface area contributed by atoms with Crippen LogP contribution < -0.4 is 10.6 Å². The summed E-state index contributed by atoms with van der Waals surface area (Å²) >= 11 is 0. The lowest BCUT2D eigenvalue weighted by molar-refractivity contribution is -0.0583. The van der Waals surface area contributed by atoms with Crippen LogP contribution in [0.15, 0.2) is 47.2 Å². The number of aryl methyl sites for hydroxylation is 1. The number of anilines is 1. The maximum absolute atomic E-state index is 13.5. The molecular formula is C19H23F4N3. The number of allylic oxidation sites excluding steroid dienone is 1. The predicted octanol–water partition coefficient (Wildman–Crippen LogP) is 4.97. The second-order valence-corrected chi connectivity index (χ2v) is 6.38. The third-order valence-electron chi connectivity index (χ3n) is 4.06. The number of nitrogens with one attached hydrogen (secondary N) is 2. The van der Waals surface area contributed by atoms with Gasteiger partial charge in [-0.1, -0.05) is 12.7 Å². The summed E-state index contributed by atoms with van der Waals surface area (Å²) in [6.07, 6.45) is -0.958. The first-order chi connectivity index (χ1) is 12.2. The quantitative estimate of drug-likeness (QED) is 0.502. The average molecular weight is 369 g/mol. The Hall–Kier alpha value is -2.15. The molecule has 0 heterocycles. The van der Waals surface area contributed by atoms with E-state index in [0.717, 1.165) is 12.8 Å². The monoisotopic (exact) mass is 369 g/mol. The van der Waals surface area contributed by atoms with Crippen LogP contribution in [0.1, 0.15) is 25.3 Å². The highest BCUT2D eigenvalue weighted by Crippen LogP contribution is 2.28. The topological polar surface area (TPSA) is 36.4 Å². The summed E-state index contributed by atoms with van der Waals surface area (Å²) < 4.78 is 53.7. The molecular weight excluding hydrogens is 346 g/mol. The van der Waals surface area contributed by atoms with Crippen LogP contribution in [0.3, 0.4) is 0 Å². The minimum absolute atomic E-state index is 0.0661. The summed E-state index contributed by atoms with van der Waals surface area (Å²) in [5, 5.41) is 5.73. The standard InChI is InChI=1S/C19H23F4N3/c1-4-15(11-24-10-14-5-6-14)18(19(21,22)23)26-13(3)25-16-7-8-17(20)12(2)9-16/h4,7-9,14,24-25H,3,5-6,10-11H2,1-2H3/b15-4-,26-18+. The molecule has 1 aliphatic carbocycles. The summed E-state index contributed by atoms with van der Waals surface area (Å²) in [6.45, 7) is 7.46. The van der Waals surface area contributed by atoms with Crippen LogP contribution in [0.25, 0.3) is 0 Å². The van der Waals surface area contributed by atoms with Crippen LogP contribution in [0.2, 0.25) is 0 Å². The normalized spacial score (nSPS) is 15.9. The van der Waals surface area contributed by atoms with Crippen LogP contribution >= 0.6 is 0 Å².